The summed E-state index contributed by atoms with van der Waals surface area (Å²) in [5.41, 5.74) is 2.46. The summed E-state index contributed by atoms with van der Waals surface area (Å²) in [5.74, 6) is -1.37. The molecule has 2 heterocycles. The molecule has 1 aromatic carbocycles. The molecule has 3 N–H and O–H groups in total. The predicted octanol–water partition coefficient (Wildman–Crippen LogP) is 4.78. The van der Waals surface area contributed by atoms with E-state index in [1.165, 1.54) is 11.8 Å². The Morgan fingerprint density at radius 1 is 1.00 bits per heavy atom. The molecule has 0 aliphatic heterocycles. The van der Waals surface area contributed by atoms with Crippen molar-refractivity contribution < 1.29 is 23.8 Å². The van der Waals surface area contributed by atoms with Crippen LogP contribution >= 0.6 is 0 Å². The van der Waals surface area contributed by atoms with Gasteiger partial charge in [-0.2, -0.15) is 0 Å². The Labute approximate surface area is 203 Å². The maximum Gasteiger partial charge on any atom is 0.320 e. The minimum Gasteiger partial charge on any atom is -0.481 e. The molecular formula is C25H29N5O5. The van der Waals surface area contributed by atoms with Gasteiger partial charge in [-0.15, -0.1) is 5.10 Å². The Bertz CT molecular complexity index is 1160. The quantitative estimate of drug-likeness (QED) is 0.437. The number of benzene rings is 1. The van der Waals surface area contributed by atoms with Gasteiger partial charge in [0.2, 0.25) is 5.88 Å². The van der Waals surface area contributed by atoms with Gasteiger partial charge in [-0.05, 0) is 54.9 Å². The topological polar surface area (TPSA) is 139 Å². The Kier molecular flexibility index (Phi) is 6.99. The van der Waals surface area contributed by atoms with Crippen molar-refractivity contribution >= 4 is 29.3 Å². The number of anilines is 3. The number of carbonyl (C=O) groups is 2. The van der Waals surface area contributed by atoms with Gasteiger partial charge < -0.3 is 24.9 Å². The first-order valence-corrected chi connectivity index (χ1v) is 11.6. The number of nitrogens with zero attached hydrogens (tertiary/aromatic N) is 3. The summed E-state index contributed by atoms with van der Waals surface area (Å²) >= 11 is 0. The maximum absolute atomic E-state index is 12.5. The summed E-state index contributed by atoms with van der Waals surface area (Å²) in [4.78, 5) is 27.8. The molecule has 1 aliphatic rings. The number of aromatic nitrogens is 3. The summed E-state index contributed by atoms with van der Waals surface area (Å²) in [6.07, 6.45) is 3.95. The van der Waals surface area contributed by atoms with E-state index in [0.717, 1.165) is 5.69 Å². The van der Waals surface area contributed by atoms with Gasteiger partial charge in [-0.1, -0.05) is 38.0 Å². The summed E-state index contributed by atoms with van der Waals surface area (Å²) in [6.45, 7) is 6.43. The minimum atomic E-state index is -0.749. The molecule has 10 heteroatoms. The number of carboxylic acid groups (broad SMARTS) is 1. The molecular weight excluding hydrogens is 450 g/mol. The lowest BCUT2D eigenvalue weighted by Crippen LogP contribution is -2.28. The largest absolute Gasteiger partial charge is 0.481 e. The molecule has 0 radical (unpaired) electrons. The monoisotopic (exact) mass is 479 g/mol. The van der Waals surface area contributed by atoms with E-state index in [1.54, 1.807) is 12.1 Å². The van der Waals surface area contributed by atoms with Gasteiger partial charge in [-0.3, -0.25) is 9.59 Å². The van der Waals surface area contributed by atoms with Crippen molar-refractivity contribution in [3.8, 4) is 5.88 Å². The van der Waals surface area contributed by atoms with E-state index in [2.05, 4.69) is 46.6 Å². The maximum atomic E-state index is 12.5. The lowest BCUT2D eigenvalue weighted by molar-refractivity contribution is -0.143. The van der Waals surface area contributed by atoms with E-state index in [-0.39, 0.29) is 29.3 Å². The third kappa shape index (κ3) is 6.34. The van der Waals surface area contributed by atoms with Crippen LogP contribution in [0.2, 0.25) is 0 Å². The van der Waals surface area contributed by atoms with Crippen LogP contribution in [0, 0.1) is 5.92 Å². The van der Waals surface area contributed by atoms with Gasteiger partial charge in [0.25, 0.3) is 0 Å². The van der Waals surface area contributed by atoms with E-state index >= 15 is 0 Å². The zero-order valence-electron chi connectivity index (χ0n) is 19.9. The molecule has 0 spiro atoms. The number of nitrogens with one attached hydrogen (secondary N) is 2. The van der Waals surface area contributed by atoms with E-state index in [0.29, 0.717) is 37.3 Å². The molecule has 0 atom stereocenters. The summed E-state index contributed by atoms with van der Waals surface area (Å²) in [5, 5.41) is 22.4. The fourth-order valence-corrected chi connectivity index (χ4v) is 3.85. The van der Waals surface area contributed by atoms with Crippen LogP contribution < -0.4 is 15.4 Å². The molecule has 10 nitrogen and oxygen atoms in total. The Morgan fingerprint density at radius 2 is 1.69 bits per heavy atom. The first kappa shape index (κ1) is 24.2. The molecule has 0 bridgehead atoms. The first-order valence-electron chi connectivity index (χ1n) is 11.6. The molecule has 1 fully saturated rings. The Morgan fingerprint density at radius 3 is 2.29 bits per heavy atom. The Hall–Kier alpha value is -3.95. The molecule has 2 aromatic heterocycles. The van der Waals surface area contributed by atoms with Crippen LogP contribution in [-0.4, -0.2) is 38.3 Å². The number of hydrogen-bond donors (Lipinski definition) is 3. The number of ether oxygens (including phenoxy) is 1. The van der Waals surface area contributed by atoms with Crippen LogP contribution in [-0.2, 0) is 10.2 Å². The van der Waals surface area contributed by atoms with Gasteiger partial charge in [0.05, 0.1) is 17.8 Å². The van der Waals surface area contributed by atoms with Crippen LogP contribution in [0.5, 0.6) is 5.88 Å². The fourth-order valence-electron chi connectivity index (χ4n) is 3.85. The van der Waals surface area contributed by atoms with Gasteiger partial charge in [0.15, 0.2) is 0 Å². The highest BCUT2D eigenvalue weighted by atomic mass is 16.5. The van der Waals surface area contributed by atoms with Crippen molar-refractivity contribution in [3.05, 3.63) is 54.0 Å². The second-order valence-corrected chi connectivity index (χ2v) is 9.63. The standard InChI is InChI=1S/C25H29N5O5/c1-25(2,3)16-6-8-17(9-7-16)28-24-30-29-22(35-24)21(31)27-18-10-13-20(26-14-18)34-19-11-4-15(5-12-19)23(32)33/h6-10,13-15,19H,4-5,11-12H2,1-3H3,(H,27,31)(H,28,30)(H,32,33)/t15-,19-. The zero-order valence-corrected chi connectivity index (χ0v) is 19.9. The third-order valence-corrected chi connectivity index (χ3v) is 5.93. The average Bonchev–Trinajstić information content (AvgIpc) is 3.29. The molecule has 184 valence electrons. The molecule has 1 amide bonds. The Balaban J connectivity index is 1.29. The van der Waals surface area contributed by atoms with Crippen molar-refractivity contribution in [1.82, 2.24) is 15.2 Å². The number of carboxylic acids is 1. The molecule has 4 rings (SSSR count). The van der Waals surface area contributed by atoms with Crippen LogP contribution in [0.4, 0.5) is 17.4 Å². The fraction of sp³-hybridized carbons (Fsp3) is 0.400. The van der Waals surface area contributed by atoms with Crippen LogP contribution in [0.1, 0.15) is 62.7 Å². The number of amides is 1. The normalized spacial score (nSPS) is 18.0. The zero-order chi connectivity index (χ0) is 25.0. The second-order valence-electron chi connectivity index (χ2n) is 9.63. The lowest BCUT2D eigenvalue weighted by atomic mass is 9.87. The van der Waals surface area contributed by atoms with Crippen molar-refractivity contribution in [2.24, 2.45) is 5.92 Å². The van der Waals surface area contributed by atoms with Crippen LogP contribution in [0.25, 0.3) is 0 Å². The number of rotatable bonds is 7. The van der Waals surface area contributed by atoms with Crippen molar-refractivity contribution in [3.63, 3.8) is 0 Å². The molecule has 3 aromatic rings. The van der Waals surface area contributed by atoms with Gasteiger partial charge in [0.1, 0.15) is 6.10 Å². The SMILES string of the molecule is CC(C)(C)c1ccc(Nc2nnc(C(=O)Nc3ccc(O[C@H]4CC[C@H](C(=O)O)CC4)nc3)o2)cc1. The molecule has 0 saturated heterocycles. The molecule has 0 unspecified atom stereocenters. The third-order valence-electron chi connectivity index (χ3n) is 5.93. The van der Waals surface area contributed by atoms with Crippen molar-refractivity contribution in [1.29, 1.82) is 0 Å². The van der Waals surface area contributed by atoms with E-state index in [9.17, 15) is 9.59 Å². The summed E-state index contributed by atoms with van der Waals surface area (Å²) in [7, 11) is 0. The highest BCUT2D eigenvalue weighted by Gasteiger charge is 2.27. The molecule has 1 saturated carbocycles. The van der Waals surface area contributed by atoms with Crippen LogP contribution in [0.15, 0.2) is 47.0 Å². The lowest BCUT2D eigenvalue weighted by Gasteiger charge is -2.26. The van der Waals surface area contributed by atoms with Gasteiger partial charge in [0, 0.05) is 11.8 Å². The predicted molar refractivity (Wildman–Crippen MR) is 129 cm³/mol. The van der Waals surface area contributed by atoms with E-state index < -0.39 is 11.9 Å². The van der Waals surface area contributed by atoms with Gasteiger partial charge >= 0.3 is 23.8 Å². The summed E-state index contributed by atoms with van der Waals surface area (Å²) in [6, 6.07) is 11.3. The second kappa shape index (κ2) is 10.1. The number of aliphatic carboxylic acids is 1. The average molecular weight is 480 g/mol. The number of hydrogen-bond acceptors (Lipinski definition) is 8. The minimum absolute atomic E-state index is 0.0505. The highest BCUT2D eigenvalue weighted by Crippen LogP contribution is 2.28. The number of carbonyl (C=O) groups excluding carboxylic acids is 1. The highest BCUT2D eigenvalue weighted by molar-refractivity contribution is 6.00. The van der Waals surface area contributed by atoms with E-state index in [4.69, 9.17) is 14.3 Å². The smallest absolute Gasteiger partial charge is 0.320 e. The van der Waals surface area contributed by atoms with Crippen LogP contribution in [0.3, 0.4) is 0 Å². The van der Waals surface area contributed by atoms with Crippen molar-refractivity contribution in [2.75, 3.05) is 10.6 Å². The summed E-state index contributed by atoms with van der Waals surface area (Å²) < 4.78 is 11.3. The number of pyridine rings is 1. The molecule has 1 aliphatic carbocycles. The van der Waals surface area contributed by atoms with Gasteiger partial charge in [-0.25, -0.2) is 4.98 Å². The van der Waals surface area contributed by atoms with Crippen molar-refractivity contribution in [2.45, 2.75) is 58.0 Å². The molecule has 35 heavy (non-hydrogen) atoms. The van der Waals surface area contributed by atoms with E-state index in [1.807, 2.05) is 24.3 Å². The first-order chi connectivity index (χ1) is 16.7.